The number of rotatable bonds is 3. The molecular weight excluding hydrogens is 258 g/mol. The van der Waals surface area contributed by atoms with E-state index < -0.39 is 0 Å². The van der Waals surface area contributed by atoms with E-state index in [9.17, 15) is 0 Å². The van der Waals surface area contributed by atoms with E-state index in [0.29, 0.717) is 5.41 Å². The van der Waals surface area contributed by atoms with Gasteiger partial charge in [-0.2, -0.15) is 0 Å². The van der Waals surface area contributed by atoms with Crippen molar-refractivity contribution in [3.63, 3.8) is 0 Å². The number of aryl methyl sites for hydroxylation is 1. The van der Waals surface area contributed by atoms with Crippen LogP contribution < -0.4 is 5.73 Å². The minimum Gasteiger partial charge on any atom is -0.328 e. The first-order valence-corrected chi connectivity index (χ1v) is 8.16. The van der Waals surface area contributed by atoms with Gasteiger partial charge in [0.1, 0.15) is 5.82 Å². The molecule has 1 aromatic heterocycles. The smallest absolute Gasteiger partial charge is 0.111 e. The van der Waals surface area contributed by atoms with Crippen LogP contribution in [0.25, 0.3) is 11.0 Å². The minimum atomic E-state index is -0.101. The van der Waals surface area contributed by atoms with Gasteiger partial charge in [0.05, 0.1) is 11.0 Å². The minimum absolute atomic E-state index is 0.101. The first kappa shape index (κ1) is 14.6. The summed E-state index contributed by atoms with van der Waals surface area (Å²) >= 11 is 0. The molecule has 0 radical (unpaired) electrons. The highest BCUT2D eigenvalue weighted by atomic mass is 15.1. The summed E-state index contributed by atoms with van der Waals surface area (Å²) in [5, 5.41) is 0. The Hall–Kier alpha value is -1.35. The molecule has 0 bridgehead atoms. The van der Waals surface area contributed by atoms with Gasteiger partial charge in [-0.15, -0.1) is 0 Å². The van der Waals surface area contributed by atoms with Crippen LogP contribution in [-0.2, 0) is 13.0 Å². The van der Waals surface area contributed by atoms with Crippen molar-refractivity contribution in [3.05, 3.63) is 30.1 Å². The van der Waals surface area contributed by atoms with Crippen molar-refractivity contribution >= 4 is 11.0 Å². The average Bonchev–Trinajstić information content (AvgIpc) is 2.73. The summed E-state index contributed by atoms with van der Waals surface area (Å²) in [5.74, 6) is 1.15. The number of aromatic nitrogens is 2. The van der Waals surface area contributed by atoms with Gasteiger partial charge in [0.25, 0.3) is 0 Å². The van der Waals surface area contributed by atoms with Crippen molar-refractivity contribution in [2.75, 3.05) is 0 Å². The summed E-state index contributed by atoms with van der Waals surface area (Å²) in [5.41, 5.74) is 9.34. The van der Waals surface area contributed by atoms with E-state index in [4.69, 9.17) is 10.7 Å². The molecule has 2 N–H and O–H groups in total. The second-order valence-corrected chi connectivity index (χ2v) is 7.49. The summed E-state index contributed by atoms with van der Waals surface area (Å²) in [6.45, 7) is 7.83. The van der Waals surface area contributed by atoms with Crippen molar-refractivity contribution in [3.8, 4) is 0 Å². The topological polar surface area (TPSA) is 43.8 Å². The standard InChI is InChI=1S/C18H27N3/c1-4-21-15-9-6-5-8-14(15)20-16(21)12-18(19)11-7-10-17(2,3)13-18/h5-6,8-9H,4,7,10-13,19H2,1-3H3. The molecule has 3 heteroatoms. The third-order valence-corrected chi connectivity index (χ3v) is 4.92. The molecule has 1 fully saturated rings. The molecule has 1 saturated carbocycles. The van der Waals surface area contributed by atoms with Gasteiger partial charge in [0, 0.05) is 18.5 Å². The van der Waals surface area contributed by atoms with Gasteiger partial charge < -0.3 is 10.3 Å². The molecule has 3 nitrogen and oxygen atoms in total. The number of hydrogen-bond donors (Lipinski definition) is 1. The fourth-order valence-electron chi connectivity index (χ4n) is 4.13. The molecule has 1 aliphatic rings. The molecule has 0 amide bonds. The number of hydrogen-bond acceptors (Lipinski definition) is 2. The fourth-order valence-corrected chi connectivity index (χ4v) is 4.13. The summed E-state index contributed by atoms with van der Waals surface area (Å²) in [6.07, 6.45) is 5.61. The first-order valence-electron chi connectivity index (χ1n) is 8.16. The molecule has 0 aliphatic heterocycles. The Morgan fingerprint density at radius 2 is 2.00 bits per heavy atom. The van der Waals surface area contributed by atoms with Crippen molar-refractivity contribution in [1.29, 1.82) is 0 Å². The SMILES string of the molecule is CCn1c(CC2(N)CCCC(C)(C)C2)nc2ccccc21. The number of nitrogens with zero attached hydrogens (tertiary/aromatic N) is 2. The van der Waals surface area contributed by atoms with Crippen molar-refractivity contribution in [2.24, 2.45) is 11.1 Å². The Bertz CT molecular complexity index is 641. The van der Waals surface area contributed by atoms with E-state index in [1.165, 1.54) is 18.4 Å². The van der Waals surface area contributed by atoms with Crippen LogP contribution in [-0.4, -0.2) is 15.1 Å². The summed E-state index contributed by atoms with van der Waals surface area (Å²) in [4.78, 5) is 4.85. The Labute approximate surface area is 127 Å². The Morgan fingerprint density at radius 1 is 1.24 bits per heavy atom. The van der Waals surface area contributed by atoms with Gasteiger partial charge in [-0.1, -0.05) is 32.4 Å². The van der Waals surface area contributed by atoms with Gasteiger partial charge in [-0.3, -0.25) is 0 Å². The van der Waals surface area contributed by atoms with Crippen LogP contribution >= 0.6 is 0 Å². The Morgan fingerprint density at radius 3 is 2.71 bits per heavy atom. The van der Waals surface area contributed by atoms with Crippen molar-refractivity contribution < 1.29 is 0 Å². The molecule has 1 atom stereocenters. The largest absolute Gasteiger partial charge is 0.328 e. The second kappa shape index (κ2) is 5.13. The molecule has 0 spiro atoms. The van der Waals surface area contributed by atoms with Gasteiger partial charge >= 0.3 is 0 Å². The van der Waals surface area contributed by atoms with Crippen molar-refractivity contribution in [2.45, 2.75) is 65.0 Å². The number of fused-ring (bicyclic) bond motifs is 1. The van der Waals surface area contributed by atoms with Crippen molar-refractivity contribution in [1.82, 2.24) is 9.55 Å². The lowest BCUT2D eigenvalue weighted by atomic mass is 9.67. The fraction of sp³-hybridized carbons (Fsp3) is 0.611. The zero-order chi connectivity index (χ0) is 15.1. The van der Waals surface area contributed by atoms with Gasteiger partial charge in [-0.05, 0) is 43.7 Å². The van der Waals surface area contributed by atoms with Crippen LogP contribution in [0.4, 0.5) is 0 Å². The van der Waals surface area contributed by atoms with Gasteiger partial charge in [-0.25, -0.2) is 4.98 Å². The van der Waals surface area contributed by atoms with E-state index in [-0.39, 0.29) is 5.54 Å². The average molecular weight is 285 g/mol. The normalized spacial score (nSPS) is 25.3. The third-order valence-electron chi connectivity index (χ3n) is 4.92. The van der Waals surface area contributed by atoms with Crippen LogP contribution in [0, 0.1) is 5.41 Å². The monoisotopic (exact) mass is 285 g/mol. The number of benzene rings is 1. The van der Waals surface area contributed by atoms with Crippen LogP contribution in [0.15, 0.2) is 24.3 Å². The first-order chi connectivity index (χ1) is 9.92. The summed E-state index contributed by atoms with van der Waals surface area (Å²) in [7, 11) is 0. The molecular formula is C18H27N3. The Balaban J connectivity index is 1.94. The molecule has 0 saturated heterocycles. The van der Waals surface area contributed by atoms with Crippen LogP contribution in [0.3, 0.4) is 0 Å². The van der Waals surface area contributed by atoms with E-state index in [1.807, 2.05) is 0 Å². The number of imidazole rings is 1. The summed E-state index contributed by atoms with van der Waals surface area (Å²) in [6, 6.07) is 8.39. The lowest BCUT2D eigenvalue weighted by Crippen LogP contribution is -2.49. The molecule has 1 unspecified atom stereocenters. The predicted molar refractivity (Wildman–Crippen MR) is 88.3 cm³/mol. The van der Waals surface area contributed by atoms with E-state index in [0.717, 1.165) is 37.1 Å². The van der Waals surface area contributed by atoms with Crippen LogP contribution in [0.5, 0.6) is 0 Å². The lowest BCUT2D eigenvalue weighted by Gasteiger charge is -2.42. The predicted octanol–water partition coefficient (Wildman–Crippen LogP) is 3.90. The zero-order valence-electron chi connectivity index (χ0n) is 13.5. The molecule has 1 heterocycles. The highest BCUT2D eigenvalue weighted by molar-refractivity contribution is 5.75. The number of para-hydroxylation sites is 2. The maximum absolute atomic E-state index is 6.76. The van der Waals surface area contributed by atoms with Gasteiger partial charge in [0.15, 0.2) is 0 Å². The molecule has 1 aliphatic carbocycles. The van der Waals surface area contributed by atoms with E-state index in [2.05, 4.69) is 49.6 Å². The maximum atomic E-state index is 6.76. The molecule has 21 heavy (non-hydrogen) atoms. The van der Waals surface area contributed by atoms with E-state index in [1.54, 1.807) is 0 Å². The highest BCUT2D eigenvalue weighted by Gasteiger charge is 2.38. The quantitative estimate of drug-likeness (QED) is 0.929. The van der Waals surface area contributed by atoms with Crippen LogP contribution in [0.2, 0.25) is 0 Å². The van der Waals surface area contributed by atoms with Gasteiger partial charge in [0.2, 0.25) is 0 Å². The van der Waals surface area contributed by atoms with E-state index >= 15 is 0 Å². The molecule has 3 rings (SSSR count). The molecule has 2 aromatic rings. The lowest BCUT2D eigenvalue weighted by molar-refractivity contribution is 0.148. The Kier molecular flexibility index (Phi) is 3.56. The molecule has 1 aromatic carbocycles. The third kappa shape index (κ3) is 2.84. The zero-order valence-corrected chi connectivity index (χ0v) is 13.5. The number of nitrogens with two attached hydrogens (primary N) is 1. The summed E-state index contributed by atoms with van der Waals surface area (Å²) < 4.78 is 2.32. The van der Waals surface area contributed by atoms with Crippen LogP contribution in [0.1, 0.15) is 52.3 Å². The second-order valence-electron chi connectivity index (χ2n) is 7.49. The molecule has 114 valence electrons. The highest BCUT2D eigenvalue weighted by Crippen LogP contribution is 2.41. The maximum Gasteiger partial charge on any atom is 0.111 e.